The summed E-state index contributed by atoms with van der Waals surface area (Å²) in [5.74, 6) is -0.715. The monoisotopic (exact) mass is 281 g/mol. The number of phenols is 1. The molecule has 0 unspecified atom stereocenters. The largest absolute Gasteiger partial charge is 0.506 e. The molecule has 2 rings (SSSR count). The van der Waals surface area contributed by atoms with Gasteiger partial charge in [-0.2, -0.15) is 13.2 Å². The van der Waals surface area contributed by atoms with Crippen molar-refractivity contribution in [3.63, 3.8) is 0 Å². The molecule has 0 aliphatic rings. The van der Waals surface area contributed by atoms with Crippen LogP contribution < -0.4 is 5.32 Å². The molecule has 0 bridgehead atoms. The van der Waals surface area contributed by atoms with E-state index >= 15 is 0 Å². The Morgan fingerprint density at radius 2 is 1.60 bits per heavy atom. The summed E-state index contributed by atoms with van der Waals surface area (Å²) in [6.45, 7) is 0. The summed E-state index contributed by atoms with van der Waals surface area (Å²) in [4.78, 5) is 11.8. The Morgan fingerprint density at radius 1 is 1.00 bits per heavy atom. The highest BCUT2D eigenvalue weighted by Crippen LogP contribution is 2.29. The van der Waals surface area contributed by atoms with Gasteiger partial charge in [0.1, 0.15) is 5.75 Å². The van der Waals surface area contributed by atoms with Gasteiger partial charge in [-0.15, -0.1) is 0 Å². The van der Waals surface area contributed by atoms with Crippen LogP contribution in [0.2, 0.25) is 0 Å². The first-order chi connectivity index (χ1) is 9.38. The molecule has 6 heteroatoms. The number of halogens is 3. The van der Waals surface area contributed by atoms with Gasteiger partial charge >= 0.3 is 6.18 Å². The molecule has 0 saturated heterocycles. The molecule has 0 atom stereocenters. The molecule has 0 radical (unpaired) electrons. The van der Waals surface area contributed by atoms with Crippen molar-refractivity contribution >= 4 is 11.6 Å². The topological polar surface area (TPSA) is 49.3 Å². The first kappa shape index (κ1) is 13.9. The maximum absolute atomic E-state index is 12.4. The van der Waals surface area contributed by atoms with Crippen LogP contribution in [0.4, 0.5) is 18.9 Å². The van der Waals surface area contributed by atoms with Gasteiger partial charge in [-0.05, 0) is 36.4 Å². The number of amides is 1. The Hall–Kier alpha value is -2.50. The molecule has 0 aliphatic carbocycles. The second kappa shape index (κ2) is 5.24. The van der Waals surface area contributed by atoms with Crippen LogP contribution in [0.5, 0.6) is 5.75 Å². The normalized spacial score (nSPS) is 11.2. The Kier molecular flexibility index (Phi) is 3.65. The fourth-order valence-electron chi connectivity index (χ4n) is 1.58. The molecule has 3 nitrogen and oxygen atoms in total. The fraction of sp³-hybridized carbons (Fsp3) is 0.0714. The maximum Gasteiger partial charge on any atom is 0.416 e. The van der Waals surface area contributed by atoms with Crippen molar-refractivity contribution < 1.29 is 23.1 Å². The number of para-hydroxylation sites is 2. The highest BCUT2D eigenvalue weighted by atomic mass is 19.4. The molecule has 104 valence electrons. The standard InChI is InChI=1S/C14H10F3NO2/c15-14(16,17)10-7-5-9(6-8-10)13(20)18-11-3-1-2-4-12(11)19/h1-8,19H,(H,18,20). The number of carbonyl (C=O) groups is 1. The molecule has 0 heterocycles. The second-order valence-electron chi connectivity index (χ2n) is 4.05. The molecule has 0 spiro atoms. The summed E-state index contributed by atoms with van der Waals surface area (Å²) in [7, 11) is 0. The van der Waals surface area contributed by atoms with Gasteiger partial charge < -0.3 is 10.4 Å². The van der Waals surface area contributed by atoms with Crippen LogP contribution in [0.15, 0.2) is 48.5 Å². The Balaban J connectivity index is 2.16. The van der Waals surface area contributed by atoms with Gasteiger partial charge in [0, 0.05) is 5.56 Å². The average Bonchev–Trinajstić information content (AvgIpc) is 2.40. The molecule has 0 saturated carbocycles. The zero-order chi connectivity index (χ0) is 14.8. The van der Waals surface area contributed by atoms with Crippen LogP contribution in [0.3, 0.4) is 0 Å². The summed E-state index contributed by atoms with van der Waals surface area (Å²) in [6.07, 6.45) is -4.44. The third-order valence-electron chi connectivity index (χ3n) is 2.63. The summed E-state index contributed by atoms with van der Waals surface area (Å²) in [5.41, 5.74) is -0.560. The van der Waals surface area contributed by atoms with Crippen molar-refractivity contribution in [1.82, 2.24) is 0 Å². The van der Waals surface area contributed by atoms with Gasteiger partial charge in [0.15, 0.2) is 0 Å². The van der Waals surface area contributed by atoms with Gasteiger partial charge in [0.25, 0.3) is 5.91 Å². The highest BCUT2D eigenvalue weighted by molar-refractivity contribution is 6.04. The molecule has 2 aromatic rings. The summed E-state index contributed by atoms with van der Waals surface area (Å²) < 4.78 is 37.2. The number of aromatic hydroxyl groups is 1. The van der Waals surface area contributed by atoms with Gasteiger partial charge in [0.05, 0.1) is 11.3 Å². The minimum Gasteiger partial charge on any atom is -0.506 e. The van der Waals surface area contributed by atoms with Crippen molar-refractivity contribution in [2.45, 2.75) is 6.18 Å². The molecule has 0 aromatic heterocycles. The number of carbonyl (C=O) groups excluding carboxylic acids is 1. The summed E-state index contributed by atoms with van der Waals surface area (Å²) >= 11 is 0. The van der Waals surface area contributed by atoms with E-state index in [1.807, 2.05) is 0 Å². The molecule has 20 heavy (non-hydrogen) atoms. The first-order valence-corrected chi connectivity index (χ1v) is 5.64. The predicted molar refractivity (Wildman–Crippen MR) is 67.5 cm³/mol. The van der Waals surface area contributed by atoms with Crippen molar-refractivity contribution in [1.29, 1.82) is 0 Å². The molecule has 2 N–H and O–H groups in total. The van der Waals surface area contributed by atoms with E-state index in [-0.39, 0.29) is 17.0 Å². The van der Waals surface area contributed by atoms with Crippen molar-refractivity contribution in [2.75, 3.05) is 5.32 Å². The third kappa shape index (κ3) is 3.09. The number of hydrogen-bond donors (Lipinski definition) is 2. The third-order valence-corrected chi connectivity index (χ3v) is 2.63. The Labute approximate surface area is 112 Å². The summed E-state index contributed by atoms with van der Waals surface area (Å²) in [5, 5.41) is 11.9. The number of anilines is 1. The number of alkyl halides is 3. The fourth-order valence-corrected chi connectivity index (χ4v) is 1.58. The van der Waals surface area contributed by atoms with E-state index in [0.717, 1.165) is 24.3 Å². The van der Waals surface area contributed by atoms with Crippen molar-refractivity contribution in [3.05, 3.63) is 59.7 Å². The van der Waals surface area contributed by atoms with Crippen LogP contribution >= 0.6 is 0 Å². The minimum atomic E-state index is -4.44. The molecule has 2 aromatic carbocycles. The lowest BCUT2D eigenvalue weighted by atomic mass is 10.1. The van der Waals surface area contributed by atoms with E-state index in [4.69, 9.17) is 0 Å². The molecular weight excluding hydrogens is 271 g/mol. The molecular formula is C14H10F3NO2. The van der Waals surface area contributed by atoms with Gasteiger partial charge in [-0.1, -0.05) is 12.1 Å². The minimum absolute atomic E-state index is 0.0706. The van der Waals surface area contributed by atoms with Crippen LogP contribution in [-0.4, -0.2) is 11.0 Å². The SMILES string of the molecule is O=C(Nc1ccccc1O)c1ccc(C(F)(F)F)cc1. The molecule has 0 fully saturated rings. The van der Waals surface area contributed by atoms with Crippen LogP contribution in [-0.2, 0) is 6.18 Å². The lowest BCUT2D eigenvalue weighted by molar-refractivity contribution is -0.137. The first-order valence-electron chi connectivity index (χ1n) is 5.64. The highest BCUT2D eigenvalue weighted by Gasteiger charge is 2.30. The van der Waals surface area contributed by atoms with E-state index in [9.17, 15) is 23.1 Å². The van der Waals surface area contributed by atoms with Crippen molar-refractivity contribution in [3.8, 4) is 5.75 Å². The number of nitrogens with one attached hydrogen (secondary N) is 1. The average molecular weight is 281 g/mol. The Morgan fingerprint density at radius 3 is 2.15 bits per heavy atom. The lowest BCUT2D eigenvalue weighted by Gasteiger charge is -2.09. The van der Waals surface area contributed by atoms with E-state index in [2.05, 4.69) is 5.32 Å². The number of phenolic OH excluding ortho intramolecular Hbond substituents is 1. The van der Waals surface area contributed by atoms with E-state index in [1.165, 1.54) is 12.1 Å². The van der Waals surface area contributed by atoms with E-state index < -0.39 is 17.6 Å². The number of benzene rings is 2. The predicted octanol–water partition coefficient (Wildman–Crippen LogP) is 3.66. The zero-order valence-corrected chi connectivity index (χ0v) is 10.1. The summed E-state index contributed by atoms with van der Waals surface area (Å²) in [6, 6.07) is 9.90. The van der Waals surface area contributed by atoms with E-state index in [0.29, 0.717) is 0 Å². The maximum atomic E-state index is 12.4. The van der Waals surface area contributed by atoms with Gasteiger partial charge in [-0.25, -0.2) is 0 Å². The smallest absolute Gasteiger partial charge is 0.416 e. The quantitative estimate of drug-likeness (QED) is 0.825. The lowest BCUT2D eigenvalue weighted by Crippen LogP contribution is -2.12. The van der Waals surface area contributed by atoms with Gasteiger partial charge in [0.2, 0.25) is 0 Å². The van der Waals surface area contributed by atoms with Crippen LogP contribution in [0, 0.1) is 0 Å². The van der Waals surface area contributed by atoms with Crippen molar-refractivity contribution in [2.24, 2.45) is 0 Å². The Bertz CT molecular complexity index is 621. The van der Waals surface area contributed by atoms with E-state index in [1.54, 1.807) is 12.1 Å². The van der Waals surface area contributed by atoms with Gasteiger partial charge in [-0.3, -0.25) is 4.79 Å². The second-order valence-corrected chi connectivity index (χ2v) is 4.05. The van der Waals surface area contributed by atoms with Crippen LogP contribution in [0.1, 0.15) is 15.9 Å². The molecule has 1 amide bonds. The number of hydrogen-bond acceptors (Lipinski definition) is 2. The molecule has 0 aliphatic heterocycles. The zero-order valence-electron chi connectivity index (χ0n) is 10.1. The van der Waals surface area contributed by atoms with Crippen LogP contribution in [0.25, 0.3) is 0 Å². The number of rotatable bonds is 2.